The number of carboxylic acids is 1. The van der Waals surface area contributed by atoms with Crippen molar-refractivity contribution in [3.05, 3.63) is 58.3 Å². The molecule has 1 heterocycles. The summed E-state index contributed by atoms with van der Waals surface area (Å²) in [6, 6.07) is 13.0. The van der Waals surface area contributed by atoms with Crippen LogP contribution in [0.15, 0.2) is 47.8 Å². The van der Waals surface area contributed by atoms with Gasteiger partial charge in [0.1, 0.15) is 0 Å². The number of amides is 2. The van der Waals surface area contributed by atoms with Crippen molar-refractivity contribution in [3.63, 3.8) is 0 Å². The molecule has 0 spiro atoms. The number of nitrogens with one attached hydrogen (secondary N) is 1. The van der Waals surface area contributed by atoms with Gasteiger partial charge in [0.25, 0.3) is 0 Å². The van der Waals surface area contributed by atoms with Crippen LogP contribution in [-0.2, 0) is 20.9 Å². The molecule has 1 aromatic carbocycles. The first kappa shape index (κ1) is 20.6. The fourth-order valence-corrected chi connectivity index (χ4v) is 3.56. The fourth-order valence-electron chi connectivity index (χ4n) is 2.78. The van der Waals surface area contributed by atoms with E-state index in [1.54, 1.807) is 4.90 Å². The van der Waals surface area contributed by atoms with Crippen LogP contribution in [0.3, 0.4) is 0 Å². The maximum absolute atomic E-state index is 12.9. The van der Waals surface area contributed by atoms with Gasteiger partial charge in [-0.1, -0.05) is 36.4 Å². The summed E-state index contributed by atoms with van der Waals surface area (Å²) >= 11 is 1.49. The van der Waals surface area contributed by atoms with E-state index in [1.807, 2.05) is 47.8 Å². The second-order valence-electron chi connectivity index (χ2n) is 6.27. The Balaban J connectivity index is 2.09. The highest BCUT2D eigenvalue weighted by atomic mass is 32.1. The molecule has 0 saturated heterocycles. The molecule has 2 aromatic rings. The van der Waals surface area contributed by atoms with E-state index in [1.165, 1.54) is 18.3 Å². The van der Waals surface area contributed by atoms with E-state index in [4.69, 9.17) is 5.11 Å². The average molecular weight is 388 g/mol. The monoisotopic (exact) mass is 388 g/mol. The third-order valence-electron chi connectivity index (χ3n) is 4.03. The van der Waals surface area contributed by atoms with E-state index >= 15 is 0 Å². The number of benzene rings is 1. The Morgan fingerprint density at radius 2 is 1.89 bits per heavy atom. The van der Waals surface area contributed by atoms with Gasteiger partial charge in [0, 0.05) is 31.3 Å². The van der Waals surface area contributed by atoms with Crippen molar-refractivity contribution >= 4 is 29.1 Å². The number of aliphatic carboxylic acids is 1. The van der Waals surface area contributed by atoms with E-state index in [9.17, 15) is 14.4 Å². The number of carboxylic acid groups (broad SMARTS) is 1. The molecule has 0 bridgehead atoms. The molecule has 1 aromatic heterocycles. The third-order valence-corrected chi connectivity index (χ3v) is 5.02. The van der Waals surface area contributed by atoms with Crippen LogP contribution in [0.5, 0.6) is 0 Å². The summed E-state index contributed by atoms with van der Waals surface area (Å²) in [4.78, 5) is 37.9. The lowest BCUT2D eigenvalue weighted by Gasteiger charge is -2.25. The minimum atomic E-state index is -0.878. The Kier molecular flexibility index (Phi) is 8.00. The molecule has 144 valence electrons. The van der Waals surface area contributed by atoms with Gasteiger partial charge in [0.05, 0.1) is 12.5 Å². The largest absolute Gasteiger partial charge is 0.481 e. The van der Waals surface area contributed by atoms with Crippen molar-refractivity contribution in [1.29, 1.82) is 0 Å². The minimum Gasteiger partial charge on any atom is -0.481 e. The molecule has 0 fully saturated rings. The number of nitrogens with zero attached hydrogens (tertiary/aromatic N) is 1. The summed E-state index contributed by atoms with van der Waals surface area (Å²) < 4.78 is 0. The molecule has 1 atom stereocenters. The van der Waals surface area contributed by atoms with Crippen LogP contribution in [0.25, 0.3) is 0 Å². The van der Waals surface area contributed by atoms with Crippen LogP contribution in [0.1, 0.15) is 42.7 Å². The molecular weight excluding hydrogens is 364 g/mol. The Hall–Kier alpha value is -2.67. The number of hydrogen-bond donors (Lipinski definition) is 2. The zero-order chi connectivity index (χ0) is 19.6. The van der Waals surface area contributed by atoms with E-state index in [0.29, 0.717) is 19.5 Å². The Bertz CT molecular complexity index is 747. The Labute approximate surface area is 162 Å². The normalized spacial score (nSPS) is 11.6. The first-order valence-electron chi connectivity index (χ1n) is 8.79. The summed E-state index contributed by atoms with van der Waals surface area (Å²) in [5, 5.41) is 13.6. The molecule has 0 aliphatic rings. The Morgan fingerprint density at radius 3 is 2.48 bits per heavy atom. The van der Waals surface area contributed by atoms with Gasteiger partial charge in [-0.05, 0) is 23.4 Å². The van der Waals surface area contributed by atoms with Crippen molar-refractivity contribution in [2.24, 2.45) is 0 Å². The molecule has 0 saturated carbocycles. The van der Waals surface area contributed by atoms with E-state index in [0.717, 1.165) is 10.4 Å². The summed E-state index contributed by atoms with van der Waals surface area (Å²) in [6.45, 7) is 2.20. The van der Waals surface area contributed by atoms with Crippen LogP contribution in [0.2, 0.25) is 0 Å². The zero-order valence-electron chi connectivity index (χ0n) is 15.3. The maximum atomic E-state index is 12.9. The number of thiophene rings is 1. The smallest absolute Gasteiger partial charge is 0.303 e. The van der Waals surface area contributed by atoms with Gasteiger partial charge >= 0.3 is 5.97 Å². The van der Waals surface area contributed by atoms with Crippen molar-refractivity contribution in [1.82, 2.24) is 10.2 Å². The first-order valence-corrected chi connectivity index (χ1v) is 9.67. The van der Waals surface area contributed by atoms with Crippen molar-refractivity contribution < 1.29 is 19.5 Å². The predicted molar refractivity (Wildman–Crippen MR) is 104 cm³/mol. The van der Waals surface area contributed by atoms with E-state index in [2.05, 4.69) is 5.32 Å². The quantitative estimate of drug-likeness (QED) is 0.654. The summed E-state index contributed by atoms with van der Waals surface area (Å²) in [5.74, 6) is -1.19. The van der Waals surface area contributed by atoms with Crippen LogP contribution in [0, 0.1) is 0 Å². The Morgan fingerprint density at radius 1 is 1.15 bits per heavy atom. The summed E-state index contributed by atoms with van der Waals surface area (Å²) in [5.41, 5.74) is 0.980. The zero-order valence-corrected chi connectivity index (χ0v) is 16.1. The highest BCUT2D eigenvalue weighted by Gasteiger charge is 2.22. The molecule has 0 aliphatic heterocycles. The van der Waals surface area contributed by atoms with Crippen LogP contribution in [0.4, 0.5) is 0 Å². The first-order chi connectivity index (χ1) is 13.0. The van der Waals surface area contributed by atoms with Crippen molar-refractivity contribution in [2.75, 3.05) is 6.54 Å². The predicted octanol–water partition coefficient (Wildman–Crippen LogP) is 3.21. The van der Waals surface area contributed by atoms with E-state index in [-0.39, 0.29) is 30.7 Å². The number of hydrogen-bond acceptors (Lipinski definition) is 4. The molecule has 2 N–H and O–H groups in total. The fraction of sp³-hybridized carbons (Fsp3) is 0.350. The molecule has 7 heteroatoms. The second kappa shape index (κ2) is 10.5. The van der Waals surface area contributed by atoms with Crippen LogP contribution < -0.4 is 5.32 Å². The molecular formula is C20H24N2O4S. The van der Waals surface area contributed by atoms with Crippen LogP contribution >= 0.6 is 11.3 Å². The van der Waals surface area contributed by atoms with E-state index < -0.39 is 5.97 Å². The molecule has 0 radical (unpaired) electrons. The average Bonchev–Trinajstić information content (AvgIpc) is 3.15. The van der Waals surface area contributed by atoms with Gasteiger partial charge in [0.2, 0.25) is 11.8 Å². The lowest BCUT2D eigenvalue weighted by molar-refractivity contribution is -0.138. The number of rotatable bonds is 10. The lowest BCUT2D eigenvalue weighted by atomic mass is 10.1. The van der Waals surface area contributed by atoms with Gasteiger partial charge in [-0.15, -0.1) is 11.3 Å². The molecule has 2 amide bonds. The summed E-state index contributed by atoms with van der Waals surface area (Å²) in [6.07, 6.45) is 0.538. The van der Waals surface area contributed by atoms with Gasteiger partial charge in [0.15, 0.2) is 0 Å². The lowest BCUT2D eigenvalue weighted by Crippen LogP contribution is -2.36. The van der Waals surface area contributed by atoms with Crippen molar-refractivity contribution in [2.45, 2.75) is 38.8 Å². The standard InChI is InChI=1S/C20H24N2O4S/c1-15(23)21-17(18-9-6-12-27-18)13-19(24)22(11-5-10-20(25)26)14-16-7-3-2-4-8-16/h2-4,6-9,12,17H,5,10-11,13-14H2,1H3,(H,21,23)(H,25,26). The molecule has 2 rings (SSSR count). The molecule has 1 unspecified atom stereocenters. The highest BCUT2D eigenvalue weighted by Crippen LogP contribution is 2.23. The molecule has 6 nitrogen and oxygen atoms in total. The number of carbonyl (C=O) groups is 3. The molecule has 0 aliphatic carbocycles. The SMILES string of the molecule is CC(=O)NC(CC(=O)N(CCCC(=O)O)Cc1ccccc1)c1cccs1. The summed E-state index contributed by atoms with van der Waals surface area (Å²) in [7, 11) is 0. The maximum Gasteiger partial charge on any atom is 0.303 e. The van der Waals surface area contributed by atoms with Gasteiger partial charge in [-0.25, -0.2) is 0 Å². The highest BCUT2D eigenvalue weighted by molar-refractivity contribution is 7.10. The van der Waals surface area contributed by atoms with Gasteiger partial charge in [-0.2, -0.15) is 0 Å². The van der Waals surface area contributed by atoms with Crippen LogP contribution in [-0.4, -0.2) is 34.3 Å². The van der Waals surface area contributed by atoms with Gasteiger partial charge < -0.3 is 15.3 Å². The minimum absolute atomic E-state index is 0.0125. The molecule has 27 heavy (non-hydrogen) atoms. The third kappa shape index (κ3) is 7.22. The van der Waals surface area contributed by atoms with Gasteiger partial charge in [-0.3, -0.25) is 14.4 Å². The second-order valence-corrected chi connectivity index (χ2v) is 7.25. The number of carbonyl (C=O) groups excluding carboxylic acids is 2. The van der Waals surface area contributed by atoms with Crippen molar-refractivity contribution in [3.8, 4) is 0 Å². The topological polar surface area (TPSA) is 86.7 Å².